The minimum absolute atomic E-state index is 0. The van der Waals surface area contributed by atoms with Crippen molar-refractivity contribution in [1.82, 2.24) is 19.1 Å². The van der Waals surface area contributed by atoms with Crippen molar-refractivity contribution in [3.63, 3.8) is 0 Å². The Labute approximate surface area is 520 Å². The molecule has 0 radical (unpaired) electrons. The summed E-state index contributed by atoms with van der Waals surface area (Å²) in [5.41, 5.74) is 7.34. The van der Waals surface area contributed by atoms with Crippen molar-refractivity contribution < 1.29 is 68.8 Å². The van der Waals surface area contributed by atoms with Crippen molar-refractivity contribution in [3.8, 4) is 56.3 Å². The number of pyridine rings is 2. The quantitative estimate of drug-likeness (QED) is 0.0212. The Morgan fingerprint density at radius 3 is 1.13 bits per heavy atom. The number of carbonyl (C=O) groups is 4. The molecule has 8 N–H and O–H groups in total. The largest absolute Gasteiger partial charge is 2.00 e. The maximum atomic E-state index is 14.1. The molecule has 4 aromatic carbocycles. The zero-order valence-electron chi connectivity index (χ0n) is 47.4. The van der Waals surface area contributed by atoms with Gasteiger partial charge in [0.25, 0.3) is 11.8 Å². The summed E-state index contributed by atoms with van der Waals surface area (Å²) in [6.45, 7) is 8.09. The molecule has 0 spiro atoms. The zero-order chi connectivity index (χ0) is 60.8. The van der Waals surface area contributed by atoms with Gasteiger partial charge < -0.3 is 70.2 Å². The molecule has 0 unspecified atom stereocenters. The van der Waals surface area contributed by atoms with Gasteiger partial charge in [0.2, 0.25) is 0 Å². The predicted molar refractivity (Wildman–Crippen MR) is 314 cm³/mol. The first-order chi connectivity index (χ1) is 40.1. The summed E-state index contributed by atoms with van der Waals surface area (Å²) >= 11 is 0. The van der Waals surface area contributed by atoms with Crippen LogP contribution in [-0.2, 0) is 22.7 Å². The number of nitrogens with one attached hydrogen (secondary N) is 2. The summed E-state index contributed by atoms with van der Waals surface area (Å²) in [4.78, 5) is 58.1. The molecule has 8 rings (SSSR count). The molecule has 4 heterocycles. The van der Waals surface area contributed by atoms with Crippen molar-refractivity contribution in [3.05, 3.63) is 180 Å². The molecule has 85 heavy (non-hydrogen) atoms. The number of anilines is 2. The van der Waals surface area contributed by atoms with Gasteiger partial charge >= 0.3 is 37.7 Å². The summed E-state index contributed by atoms with van der Waals surface area (Å²) in [5, 5.41) is 89.5. The normalized spacial score (nSPS) is 12.6. The Hall–Kier alpha value is -7.82. The minimum atomic E-state index is -1.41. The molecule has 0 saturated heterocycles. The van der Waals surface area contributed by atoms with E-state index < -0.39 is 72.6 Å². The number of aliphatic hydroxyl groups is 4. The molecule has 2 amide bonds. The van der Waals surface area contributed by atoms with Gasteiger partial charge in [0.1, 0.15) is 23.1 Å². The smallest absolute Gasteiger partial charge is 0.550 e. The Balaban J connectivity index is 0.000000269. The number of nitrogens with zero attached hydrogens (tertiary/aromatic N) is 4. The fraction of sp³-hybridized carbons (Fsp3) is 0.281. The fourth-order valence-electron chi connectivity index (χ4n) is 10.3. The van der Waals surface area contributed by atoms with Crippen LogP contribution in [0.25, 0.3) is 44.8 Å². The number of para-hydroxylation sites is 4. The van der Waals surface area contributed by atoms with Crippen LogP contribution in [0.3, 0.4) is 0 Å². The first kappa shape index (κ1) is 66.3. The number of carbonyl (C=O) groups excluding carboxylic acids is 4. The fourth-order valence-corrected chi connectivity index (χ4v) is 10.3. The van der Waals surface area contributed by atoms with Gasteiger partial charge in [-0.2, -0.15) is 0 Å². The van der Waals surface area contributed by atoms with Gasteiger partial charge in [-0.15, -0.1) is 0 Å². The van der Waals surface area contributed by atoms with E-state index in [2.05, 4.69) is 20.6 Å². The number of rotatable bonds is 24. The van der Waals surface area contributed by atoms with Gasteiger partial charge in [0.15, 0.2) is 0 Å². The van der Waals surface area contributed by atoms with E-state index in [-0.39, 0.29) is 111 Å². The summed E-state index contributed by atoms with van der Waals surface area (Å²) in [6.07, 6.45) is 0.475. The van der Waals surface area contributed by atoms with Gasteiger partial charge in [-0.1, -0.05) is 52.0 Å². The standard InChI is InChI=1S/2C32H34FN3O6.Ca/c2*1-19(2)30-29(32(42)35-25-5-3-4-6-26(25)39)28(20-11-14-34-15-12-20)31(21-7-9-22(33)10-8-21)36(30)16-13-23(37)17-24(38)18-27(40)41;/h2*3-12,14-15,19,23-24,37-39H,13,16-18H2,1-2H3,(H,35,42)(H,40,41);/q;;+2/p-2/t2*23-,24-;/m11./s1. The molecule has 0 aliphatic heterocycles. The van der Waals surface area contributed by atoms with Crippen molar-refractivity contribution in [2.24, 2.45) is 0 Å². The van der Waals surface area contributed by atoms with Crippen molar-refractivity contribution >= 4 is 72.9 Å². The van der Waals surface area contributed by atoms with E-state index in [0.717, 1.165) is 0 Å². The van der Waals surface area contributed by atoms with Gasteiger partial charge in [-0.05, 0) is 157 Å². The number of phenolic OH excluding ortho intramolecular Hbond substituents is 2. The van der Waals surface area contributed by atoms with Crippen LogP contribution in [0.5, 0.6) is 11.5 Å². The summed E-state index contributed by atoms with van der Waals surface area (Å²) in [7, 11) is 0. The molecule has 440 valence electrons. The second-order valence-corrected chi connectivity index (χ2v) is 20.8. The average Bonchev–Trinajstić information content (AvgIpc) is 1.71. The van der Waals surface area contributed by atoms with Crippen molar-refractivity contribution in [2.45, 2.75) is 116 Å². The Kier molecular flexibility index (Phi) is 24.1. The van der Waals surface area contributed by atoms with Crippen LogP contribution < -0.4 is 20.8 Å². The number of aliphatic carboxylic acids is 2. The van der Waals surface area contributed by atoms with E-state index in [1.54, 1.807) is 110 Å². The zero-order valence-corrected chi connectivity index (χ0v) is 49.6. The number of aliphatic hydroxyl groups excluding tert-OH is 4. The third-order valence-electron chi connectivity index (χ3n) is 13.9. The van der Waals surface area contributed by atoms with Crippen LogP contribution in [0.15, 0.2) is 146 Å². The molecule has 8 aromatic rings. The number of aromatic nitrogens is 4. The van der Waals surface area contributed by atoms with Crippen LogP contribution in [-0.4, -0.2) is 136 Å². The van der Waals surface area contributed by atoms with E-state index in [1.807, 2.05) is 36.8 Å². The second kappa shape index (κ2) is 30.8. The molecule has 21 heteroatoms. The SMILES string of the molecule is CC(C)c1c(C(=O)Nc2ccccc2O)c(-c2ccncc2)c(-c2ccc(F)cc2)n1CC[C@@H](O)C[C@@H](O)CC(=O)[O-].CC(C)c1c(C(=O)Nc2ccccc2O)c(-c2ccncc2)c(-c2ccc(F)cc2)n1CC[C@@H](O)C[C@@H](O)CC(=O)[O-].[Ca+2]. The molecule has 0 saturated carbocycles. The van der Waals surface area contributed by atoms with Gasteiger partial charge in [-0.3, -0.25) is 19.6 Å². The van der Waals surface area contributed by atoms with Crippen LogP contribution in [0.4, 0.5) is 20.2 Å². The molecular weight excluding hydrogens is 1120 g/mol. The van der Waals surface area contributed by atoms with Crippen LogP contribution in [0.2, 0.25) is 0 Å². The van der Waals surface area contributed by atoms with E-state index in [4.69, 9.17) is 0 Å². The monoisotopic (exact) mass is 1190 g/mol. The van der Waals surface area contributed by atoms with Crippen LogP contribution in [0, 0.1) is 11.6 Å². The maximum Gasteiger partial charge on any atom is 2.00 e. The summed E-state index contributed by atoms with van der Waals surface area (Å²) in [5.74, 6) is -5.24. The first-order valence-corrected chi connectivity index (χ1v) is 27.3. The number of hydrogen-bond donors (Lipinski definition) is 8. The molecule has 4 atom stereocenters. The Morgan fingerprint density at radius 1 is 0.494 bits per heavy atom. The third-order valence-corrected chi connectivity index (χ3v) is 13.9. The van der Waals surface area contributed by atoms with Gasteiger partial charge in [-0.25, -0.2) is 8.78 Å². The molecule has 0 bridgehead atoms. The average molecular weight is 1190 g/mol. The maximum absolute atomic E-state index is 14.1. The number of phenols is 2. The summed E-state index contributed by atoms with van der Waals surface area (Å²) in [6, 6.07) is 31.6. The van der Waals surface area contributed by atoms with E-state index in [9.17, 15) is 68.8 Å². The number of hydrogen-bond acceptors (Lipinski definition) is 14. The Bertz CT molecular complexity index is 3310. The topological polar surface area (TPSA) is 295 Å². The van der Waals surface area contributed by atoms with E-state index in [1.165, 1.54) is 36.4 Å². The number of amides is 2. The number of carboxylic acids is 2. The number of halogens is 2. The van der Waals surface area contributed by atoms with Crippen LogP contribution in [0.1, 0.15) is 110 Å². The second-order valence-electron chi connectivity index (χ2n) is 20.8. The predicted octanol–water partition coefficient (Wildman–Crippen LogP) is 7.78. The molecular formula is C64H66CaF2N6O12. The summed E-state index contributed by atoms with van der Waals surface area (Å²) < 4.78 is 31.8. The first-order valence-electron chi connectivity index (χ1n) is 27.3. The Morgan fingerprint density at radius 2 is 0.824 bits per heavy atom. The third kappa shape index (κ3) is 17.2. The minimum Gasteiger partial charge on any atom is -0.550 e. The van der Waals surface area contributed by atoms with E-state index in [0.29, 0.717) is 67.3 Å². The molecule has 4 aromatic heterocycles. The van der Waals surface area contributed by atoms with Crippen molar-refractivity contribution in [2.75, 3.05) is 10.6 Å². The molecule has 0 fully saturated rings. The number of aromatic hydroxyl groups is 2. The van der Waals surface area contributed by atoms with E-state index >= 15 is 0 Å². The van der Waals surface area contributed by atoms with Crippen molar-refractivity contribution in [1.29, 1.82) is 0 Å². The number of benzene rings is 4. The molecule has 18 nitrogen and oxygen atoms in total. The number of carboxylic acid groups (broad SMARTS) is 2. The van der Waals surface area contributed by atoms with Gasteiger partial charge in [0, 0.05) is 85.2 Å². The molecule has 0 aliphatic carbocycles. The van der Waals surface area contributed by atoms with Crippen LogP contribution >= 0.6 is 0 Å². The van der Waals surface area contributed by atoms with Gasteiger partial charge in [0.05, 0.1) is 58.3 Å². The molecule has 0 aliphatic rings.